The van der Waals surface area contributed by atoms with Crippen LogP contribution in [-0.4, -0.2) is 19.3 Å². The highest BCUT2D eigenvalue weighted by atomic mass is 35.5. The van der Waals surface area contributed by atoms with E-state index in [1.165, 1.54) is 5.32 Å². The second-order valence-electron chi connectivity index (χ2n) is 1.52. The van der Waals surface area contributed by atoms with E-state index in [-0.39, 0.29) is 12.4 Å². The zero-order chi connectivity index (χ0) is 6.62. The Hall–Kier alpha value is 0.0400. The Balaban J connectivity index is 0. The van der Waals surface area contributed by atoms with Gasteiger partial charge in [0.15, 0.2) is 6.54 Å². The molecule has 58 valence electrons. The fraction of sp³-hybridized carbons (Fsp3) is 1.00. The minimum atomic E-state index is -4.00. The molecule has 0 rings (SSSR count). The minimum absolute atomic E-state index is 0. The normalized spacial score (nSPS) is 10.7. The van der Waals surface area contributed by atoms with Crippen LogP contribution in [0.15, 0.2) is 0 Å². The second-order valence-corrected chi connectivity index (χ2v) is 1.52. The van der Waals surface area contributed by atoms with Crippen LogP contribution in [0, 0.1) is 0 Å². The van der Waals surface area contributed by atoms with Crippen LogP contribution in [0.1, 0.15) is 6.92 Å². The molecule has 0 saturated carbocycles. The third-order valence-electron chi connectivity index (χ3n) is 0.664. The van der Waals surface area contributed by atoms with Crippen LogP contribution in [0.25, 0.3) is 0 Å². The quantitative estimate of drug-likeness (QED) is 0.451. The molecule has 0 radical (unpaired) electrons. The maximum atomic E-state index is 11.2. The van der Waals surface area contributed by atoms with Crippen molar-refractivity contribution in [3.05, 3.63) is 0 Å². The van der Waals surface area contributed by atoms with Crippen molar-refractivity contribution in [1.29, 1.82) is 0 Å². The summed E-state index contributed by atoms with van der Waals surface area (Å²) in [6, 6.07) is 0. The number of nitrogens with two attached hydrogens (primary N) is 1. The van der Waals surface area contributed by atoms with Crippen LogP contribution in [0.5, 0.6) is 0 Å². The van der Waals surface area contributed by atoms with Crippen molar-refractivity contribution in [1.82, 2.24) is 0 Å². The molecule has 0 fully saturated rings. The highest BCUT2D eigenvalue weighted by Crippen LogP contribution is 2.09. The first-order valence-corrected chi connectivity index (χ1v) is 2.44. The lowest BCUT2D eigenvalue weighted by atomic mass is 10.6. The van der Waals surface area contributed by atoms with Gasteiger partial charge < -0.3 is 17.7 Å². The van der Waals surface area contributed by atoms with Gasteiger partial charge >= 0.3 is 6.18 Å². The van der Waals surface area contributed by atoms with Crippen molar-refractivity contribution in [2.75, 3.05) is 13.1 Å². The van der Waals surface area contributed by atoms with E-state index in [4.69, 9.17) is 0 Å². The van der Waals surface area contributed by atoms with Crippen LogP contribution in [-0.2, 0) is 0 Å². The Morgan fingerprint density at radius 1 is 1.33 bits per heavy atom. The van der Waals surface area contributed by atoms with Gasteiger partial charge in [0.2, 0.25) is 0 Å². The van der Waals surface area contributed by atoms with Crippen LogP contribution in [0.2, 0.25) is 0 Å². The Morgan fingerprint density at radius 3 is 1.89 bits per heavy atom. The number of quaternary nitrogens is 1. The fourth-order valence-electron chi connectivity index (χ4n) is 0.308. The molecule has 0 saturated heterocycles. The number of alkyl halides is 3. The number of rotatable bonds is 2. The zero-order valence-corrected chi connectivity index (χ0v) is 5.76. The van der Waals surface area contributed by atoms with Crippen LogP contribution < -0.4 is 17.7 Å². The molecule has 0 aromatic heterocycles. The van der Waals surface area contributed by atoms with Crippen molar-refractivity contribution in [3.8, 4) is 0 Å². The Bertz CT molecular complexity index is 63.3. The molecule has 0 aromatic rings. The molecule has 0 bridgehead atoms. The summed E-state index contributed by atoms with van der Waals surface area (Å²) in [5.41, 5.74) is 0. The smallest absolute Gasteiger partial charge is 0.438 e. The third kappa shape index (κ3) is 11.5. The predicted octanol–water partition coefficient (Wildman–Crippen LogP) is -2.86. The average Bonchev–Trinajstić information content (AvgIpc) is 1.59. The van der Waals surface area contributed by atoms with Gasteiger partial charge in [-0.1, -0.05) is 0 Å². The molecule has 0 amide bonds. The monoisotopic (exact) mass is 163 g/mol. The summed E-state index contributed by atoms with van der Waals surface area (Å²) in [5, 5.41) is 1.21. The van der Waals surface area contributed by atoms with Crippen molar-refractivity contribution in [2.45, 2.75) is 13.1 Å². The molecule has 0 aromatic carbocycles. The van der Waals surface area contributed by atoms with E-state index in [1.54, 1.807) is 6.92 Å². The number of hydrogen-bond acceptors (Lipinski definition) is 0. The molecule has 0 heterocycles. The maximum Gasteiger partial charge on any atom is 0.438 e. The average molecular weight is 164 g/mol. The molecule has 0 aliphatic heterocycles. The minimum Gasteiger partial charge on any atom is -1.00 e. The zero-order valence-electron chi connectivity index (χ0n) is 5.00. The molecular formula is C4H9ClF3N. The van der Waals surface area contributed by atoms with Crippen molar-refractivity contribution in [3.63, 3.8) is 0 Å². The Kier molecular flexibility index (Phi) is 6.39. The SMILES string of the molecule is CC[NH2+]CC(F)(F)F.[Cl-]. The fourth-order valence-corrected chi connectivity index (χ4v) is 0.308. The van der Waals surface area contributed by atoms with Gasteiger partial charge in [-0.2, -0.15) is 13.2 Å². The molecule has 0 unspecified atom stereocenters. The van der Waals surface area contributed by atoms with Gasteiger partial charge in [0.1, 0.15) is 0 Å². The molecule has 2 N–H and O–H groups in total. The molecule has 0 atom stereocenters. The summed E-state index contributed by atoms with van der Waals surface area (Å²) >= 11 is 0. The maximum absolute atomic E-state index is 11.2. The molecule has 9 heavy (non-hydrogen) atoms. The van der Waals surface area contributed by atoms with Crippen LogP contribution >= 0.6 is 0 Å². The second kappa shape index (κ2) is 4.88. The van der Waals surface area contributed by atoms with E-state index < -0.39 is 12.7 Å². The van der Waals surface area contributed by atoms with E-state index in [2.05, 4.69) is 0 Å². The summed E-state index contributed by atoms with van der Waals surface area (Å²) in [6.07, 6.45) is -4.00. The molecule has 0 aliphatic carbocycles. The first kappa shape index (κ1) is 11.8. The van der Waals surface area contributed by atoms with Crippen molar-refractivity contribution >= 4 is 0 Å². The number of halogens is 4. The van der Waals surface area contributed by atoms with Gasteiger partial charge in [-0.05, 0) is 6.92 Å². The van der Waals surface area contributed by atoms with E-state index >= 15 is 0 Å². The Morgan fingerprint density at radius 2 is 1.78 bits per heavy atom. The van der Waals surface area contributed by atoms with Crippen molar-refractivity contribution < 1.29 is 30.9 Å². The molecular weight excluding hydrogens is 154 g/mol. The first-order valence-electron chi connectivity index (χ1n) is 2.44. The van der Waals surface area contributed by atoms with Gasteiger partial charge in [-0.15, -0.1) is 0 Å². The van der Waals surface area contributed by atoms with Gasteiger partial charge in [-0.25, -0.2) is 0 Å². The number of hydrogen-bond donors (Lipinski definition) is 1. The topological polar surface area (TPSA) is 16.6 Å². The van der Waals surface area contributed by atoms with Gasteiger partial charge in [0.25, 0.3) is 0 Å². The standard InChI is InChI=1S/C4H8F3N.ClH/c1-2-8-3-4(5,6)7;/h8H,2-3H2,1H3;1H. The van der Waals surface area contributed by atoms with E-state index in [9.17, 15) is 13.2 Å². The van der Waals surface area contributed by atoms with Gasteiger partial charge in [0, 0.05) is 0 Å². The molecule has 0 spiro atoms. The Labute approximate surface area is 58.0 Å². The molecule has 1 nitrogen and oxygen atoms in total. The van der Waals surface area contributed by atoms with Crippen LogP contribution in [0.4, 0.5) is 13.2 Å². The van der Waals surface area contributed by atoms with E-state index in [1.807, 2.05) is 0 Å². The third-order valence-corrected chi connectivity index (χ3v) is 0.664. The lowest BCUT2D eigenvalue weighted by Gasteiger charge is -2.01. The summed E-state index contributed by atoms with van der Waals surface area (Å²) in [5.74, 6) is 0. The summed E-state index contributed by atoms with van der Waals surface area (Å²) in [4.78, 5) is 0. The van der Waals surface area contributed by atoms with Gasteiger partial charge in [0.05, 0.1) is 6.54 Å². The van der Waals surface area contributed by atoms with E-state index in [0.29, 0.717) is 6.54 Å². The summed E-state index contributed by atoms with van der Waals surface area (Å²) in [7, 11) is 0. The largest absolute Gasteiger partial charge is 1.00 e. The lowest BCUT2D eigenvalue weighted by molar-refractivity contribution is -0.673. The van der Waals surface area contributed by atoms with Crippen molar-refractivity contribution in [2.24, 2.45) is 0 Å². The van der Waals surface area contributed by atoms with Crippen LogP contribution in [0.3, 0.4) is 0 Å². The lowest BCUT2D eigenvalue weighted by Crippen LogP contribution is -3.00. The predicted molar refractivity (Wildman–Crippen MR) is 23.4 cm³/mol. The molecule has 0 aliphatic rings. The van der Waals surface area contributed by atoms with E-state index in [0.717, 1.165) is 0 Å². The highest BCUT2D eigenvalue weighted by molar-refractivity contribution is 4.39. The first-order chi connectivity index (χ1) is 3.56. The summed E-state index contributed by atoms with van der Waals surface area (Å²) < 4.78 is 33.6. The highest BCUT2D eigenvalue weighted by Gasteiger charge is 2.28. The molecule has 5 heteroatoms. The van der Waals surface area contributed by atoms with Gasteiger partial charge in [-0.3, -0.25) is 0 Å². The summed E-state index contributed by atoms with van der Waals surface area (Å²) in [6.45, 7) is 1.41.